The molecule has 1 atom stereocenters. The van der Waals surface area contributed by atoms with Crippen molar-refractivity contribution in [3.63, 3.8) is 0 Å². The molecule has 2 aromatic carbocycles. The third kappa shape index (κ3) is 3.23. The molecule has 2 heterocycles. The van der Waals surface area contributed by atoms with Crippen molar-refractivity contribution in [2.75, 3.05) is 13.7 Å². The number of carbonyl (C=O) groups excluding carboxylic acids is 1. The van der Waals surface area contributed by atoms with E-state index in [1.807, 2.05) is 55.5 Å². The second-order valence-electron chi connectivity index (χ2n) is 6.34. The van der Waals surface area contributed by atoms with Gasteiger partial charge in [-0.25, -0.2) is 4.68 Å². The fourth-order valence-electron chi connectivity index (χ4n) is 3.25. The van der Waals surface area contributed by atoms with Gasteiger partial charge < -0.3 is 14.8 Å². The van der Waals surface area contributed by atoms with Crippen LogP contribution in [0.4, 0.5) is 0 Å². The minimum absolute atomic E-state index is 0.108. The summed E-state index contributed by atoms with van der Waals surface area (Å²) >= 11 is 0. The van der Waals surface area contributed by atoms with Gasteiger partial charge in [-0.15, -0.1) is 5.10 Å². The van der Waals surface area contributed by atoms with E-state index in [-0.39, 0.29) is 11.9 Å². The Morgan fingerprint density at radius 3 is 2.96 bits per heavy atom. The number of rotatable bonds is 4. The zero-order valence-corrected chi connectivity index (χ0v) is 15.2. The van der Waals surface area contributed by atoms with E-state index >= 15 is 0 Å². The second kappa shape index (κ2) is 7.11. The molecule has 0 bridgehead atoms. The maximum Gasteiger partial charge on any atom is 0.274 e. The van der Waals surface area contributed by atoms with E-state index in [2.05, 4.69) is 15.6 Å². The molecule has 0 spiro atoms. The first-order valence-electron chi connectivity index (χ1n) is 8.76. The van der Waals surface area contributed by atoms with E-state index in [0.29, 0.717) is 30.2 Å². The van der Waals surface area contributed by atoms with Gasteiger partial charge in [0.25, 0.3) is 5.91 Å². The highest BCUT2D eigenvalue weighted by atomic mass is 16.5. The van der Waals surface area contributed by atoms with Crippen LogP contribution in [0.25, 0.3) is 5.69 Å². The minimum Gasteiger partial charge on any atom is -0.497 e. The molecular weight excluding hydrogens is 344 g/mol. The highest BCUT2D eigenvalue weighted by Crippen LogP contribution is 2.31. The lowest BCUT2D eigenvalue weighted by atomic mass is 10.0. The molecule has 7 nitrogen and oxygen atoms in total. The van der Waals surface area contributed by atoms with Crippen molar-refractivity contribution in [3.8, 4) is 17.2 Å². The van der Waals surface area contributed by atoms with Crippen LogP contribution in [0.1, 0.15) is 34.2 Å². The van der Waals surface area contributed by atoms with Crippen LogP contribution < -0.4 is 14.8 Å². The summed E-state index contributed by atoms with van der Waals surface area (Å²) in [5, 5.41) is 11.3. The van der Waals surface area contributed by atoms with Crippen LogP contribution in [0.2, 0.25) is 0 Å². The molecule has 7 heteroatoms. The maximum atomic E-state index is 12.8. The number of nitrogens with zero attached hydrogens (tertiary/aromatic N) is 3. The molecule has 0 fully saturated rings. The SMILES string of the molecule is COc1cccc(-n2nnc(C(=O)NC3CCOc4ccccc43)c2C)c1. The summed E-state index contributed by atoms with van der Waals surface area (Å²) in [7, 11) is 1.61. The zero-order valence-electron chi connectivity index (χ0n) is 15.2. The summed E-state index contributed by atoms with van der Waals surface area (Å²) in [5.74, 6) is 1.28. The maximum absolute atomic E-state index is 12.8. The molecule has 1 aliphatic rings. The molecule has 138 valence electrons. The standard InChI is InChI=1S/C20H20N4O3/c1-13-19(22-23-24(13)14-6-5-7-15(12-14)26-2)20(25)21-17-10-11-27-18-9-4-3-8-16(17)18/h3-9,12,17H,10-11H2,1-2H3,(H,21,25). The number of aromatic nitrogens is 3. The number of hydrogen-bond acceptors (Lipinski definition) is 5. The van der Waals surface area contributed by atoms with E-state index in [1.165, 1.54) is 0 Å². The van der Waals surface area contributed by atoms with Gasteiger partial charge in [-0.2, -0.15) is 0 Å². The molecule has 0 aliphatic carbocycles. The lowest BCUT2D eigenvalue weighted by Gasteiger charge is -2.26. The molecule has 0 saturated carbocycles. The highest BCUT2D eigenvalue weighted by Gasteiger charge is 2.25. The van der Waals surface area contributed by atoms with Crippen LogP contribution >= 0.6 is 0 Å². The number of amides is 1. The molecule has 1 unspecified atom stereocenters. The topological polar surface area (TPSA) is 78.3 Å². The Morgan fingerprint density at radius 2 is 2.11 bits per heavy atom. The molecule has 4 rings (SSSR count). The molecule has 1 aliphatic heterocycles. The van der Waals surface area contributed by atoms with Gasteiger partial charge in [-0.05, 0) is 25.1 Å². The molecule has 0 saturated heterocycles. The van der Waals surface area contributed by atoms with E-state index in [0.717, 1.165) is 17.0 Å². The van der Waals surface area contributed by atoms with Gasteiger partial charge in [0.05, 0.1) is 31.1 Å². The number of para-hydroxylation sites is 1. The van der Waals surface area contributed by atoms with Crippen molar-refractivity contribution in [2.24, 2.45) is 0 Å². The smallest absolute Gasteiger partial charge is 0.274 e. The van der Waals surface area contributed by atoms with Crippen LogP contribution in [0.15, 0.2) is 48.5 Å². The van der Waals surface area contributed by atoms with Crippen molar-refractivity contribution in [2.45, 2.75) is 19.4 Å². The Bertz CT molecular complexity index is 983. The summed E-state index contributed by atoms with van der Waals surface area (Å²) in [6, 6.07) is 15.1. The van der Waals surface area contributed by atoms with Gasteiger partial charge in [0.15, 0.2) is 5.69 Å². The van der Waals surface area contributed by atoms with Gasteiger partial charge in [-0.1, -0.05) is 29.5 Å². The average Bonchev–Trinajstić information content (AvgIpc) is 3.10. The number of hydrogen-bond donors (Lipinski definition) is 1. The van der Waals surface area contributed by atoms with Crippen molar-refractivity contribution in [1.82, 2.24) is 20.3 Å². The first kappa shape index (κ1) is 17.1. The Kier molecular flexibility index (Phi) is 4.50. The van der Waals surface area contributed by atoms with Crippen LogP contribution in [0, 0.1) is 6.92 Å². The van der Waals surface area contributed by atoms with E-state index < -0.39 is 0 Å². The van der Waals surface area contributed by atoms with E-state index in [1.54, 1.807) is 11.8 Å². The van der Waals surface area contributed by atoms with Crippen LogP contribution in [0.5, 0.6) is 11.5 Å². The van der Waals surface area contributed by atoms with Crippen LogP contribution in [-0.2, 0) is 0 Å². The molecular formula is C20H20N4O3. The van der Waals surface area contributed by atoms with Crippen molar-refractivity contribution in [1.29, 1.82) is 0 Å². The lowest BCUT2D eigenvalue weighted by Crippen LogP contribution is -2.32. The summed E-state index contributed by atoms with van der Waals surface area (Å²) in [4.78, 5) is 12.8. The monoisotopic (exact) mass is 364 g/mol. The number of nitrogens with one attached hydrogen (secondary N) is 1. The molecule has 3 aromatic rings. The van der Waals surface area contributed by atoms with Gasteiger partial charge in [0.1, 0.15) is 11.5 Å². The van der Waals surface area contributed by atoms with Gasteiger partial charge in [0, 0.05) is 18.1 Å². The first-order valence-corrected chi connectivity index (χ1v) is 8.76. The first-order chi connectivity index (χ1) is 13.2. The normalized spacial score (nSPS) is 15.6. The lowest BCUT2D eigenvalue weighted by molar-refractivity contribution is 0.0919. The quantitative estimate of drug-likeness (QED) is 0.770. The van der Waals surface area contributed by atoms with E-state index in [9.17, 15) is 4.79 Å². The summed E-state index contributed by atoms with van der Waals surface area (Å²) in [6.45, 7) is 2.39. The average molecular weight is 364 g/mol. The molecule has 0 radical (unpaired) electrons. The summed E-state index contributed by atoms with van der Waals surface area (Å²) in [6.07, 6.45) is 0.714. The zero-order chi connectivity index (χ0) is 18.8. The van der Waals surface area contributed by atoms with Crippen LogP contribution in [0.3, 0.4) is 0 Å². The van der Waals surface area contributed by atoms with Crippen LogP contribution in [-0.4, -0.2) is 34.6 Å². The summed E-state index contributed by atoms with van der Waals surface area (Å²) < 4.78 is 12.5. The third-order valence-electron chi connectivity index (χ3n) is 4.67. The van der Waals surface area contributed by atoms with Crippen molar-refractivity contribution in [3.05, 3.63) is 65.5 Å². The van der Waals surface area contributed by atoms with E-state index in [4.69, 9.17) is 9.47 Å². The predicted molar refractivity (Wildman–Crippen MR) is 99.4 cm³/mol. The van der Waals surface area contributed by atoms with Gasteiger partial charge in [0.2, 0.25) is 0 Å². The van der Waals surface area contributed by atoms with Crippen molar-refractivity contribution < 1.29 is 14.3 Å². The van der Waals surface area contributed by atoms with Gasteiger partial charge in [-0.3, -0.25) is 4.79 Å². The number of methoxy groups -OCH3 is 1. The molecule has 1 N–H and O–H groups in total. The predicted octanol–water partition coefficient (Wildman–Crippen LogP) is 2.84. The Morgan fingerprint density at radius 1 is 1.26 bits per heavy atom. The molecule has 1 aromatic heterocycles. The fourth-order valence-corrected chi connectivity index (χ4v) is 3.25. The fraction of sp³-hybridized carbons (Fsp3) is 0.250. The third-order valence-corrected chi connectivity index (χ3v) is 4.67. The number of carbonyl (C=O) groups is 1. The minimum atomic E-state index is -0.247. The molecule has 1 amide bonds. The Hall–Kier alpha value is -3.35. The Balaban J connectivity index is 1.58. The Labute approximate surface area is 156 Å². The highest BCUT2D eigenvalue weighted by molar-refractivity contribution is 5.93. The van der Waals surface area contributed by atoms with Gasteiger partial charge >= 0.3 is 0 Å². The molecule has 27 heavy (non-hydrogen) atoms. The van der Waals surface area contributed by atoms with Crippen molar-refractivity contribution >= 4 is 5.91 Å². The largest absolute Gasteiger partial charge is 0.497 e. The number of benzene rings is 2. The number of ether oxygens (including phenoxy) is 2. The summed E-state index contributed by atoms with van der Waals surface area (Å²) in [5.41, 5.74) is 2.74. The second-order valence-corrected chi connectivity index (χ2v) is 6.34. The number of fused-ring (bicyclic) bond motifs is 1.